The molecule has 0 aromatic heterocycles. The summed E-state index contributed by atoms with van der Waals surface area (Å²) in [5.74, 6) is 0. The van der Waals surface area contributed by atoms with Gasteiger partial charge in [-0.1, -0.05) is 0 Å². The zero-order valence-corrected chi connectivity index (χ0v) is 8.29. The average Bonchev–Trinajstić information content (AvgIpc) is 2.17. The van der Waals surface area contributed by atoms with E-state index in [1.165, 1.54) is 0 Å². The topological polar surface area (TPSA) is 14.1 Å². The molecule has 0 N–H and O–H groups in total. The van der Waals surface area contributed by atoms with Crippen LogP contribution in [0.15, 0.2) is 30.3 Å². The van der Waals surface area contributed by atoms with Gasteiger partial charge in [-0.05, 0) is 0 Å². The predicted octanol–water partition coefficient (Wildman–Crippen LogP) is 2.02. The van der Waals surface area contributed by atoms with Crippen LogP contribution in [-0.2, 0) is 26.2 Å². The van der Waals surface area contributed by atoms with Gasteiger partial charge in [0.1, 0.15) is 0 Å². The molecule has 48 valence electrons. The fourth-order valence-corrected chi connectivity index (χ4v) is 0.321. The summed E-state index contributed by atoms with van der Waals surface area (Å²) in [6.07, 6.45) is 0. The minimum atomic E-state index is 0. The second-order valence-electron chi connectivity index (χ2n) is 1.41. The number of hydrogen-bond donors (Lipinski definition) is 0. The SMILES string of the molecule is C[N-]C.[Zr+2].c1cc[cH-]c1. The van der Waals surface area contributed by atoms with Crippen molar-refractivity contribution in [3.63, 3.8) is 0 Å². The maximum Gasteiger partial charge on any atom is 2.00 e. The van der Waals surface area contributed by atoms with Gasteiger partial charge in [-0.15, -0.1) is 0 Å². The second kappa shape index (κ2) is 11.1. The molecule has 0 saturated carbocycles. The van der Waals surface area contributed by atoms with Gasteiger partial charge in [0.05, 0.1) is 0 Å². The average molecular weight is 200 g/mol. The van der Waals surface area contributed by atoms with Gasteiger partial charge in [0.2, 0.25) is 0 Å². The first-order valence-corrected chi connectivity index (χ1v) is 2.56. The summed E-state index contributed by atoms with van der Waals surface area (Å²) >= 11 is 0. The summed E-state index contributed by atoms with van der Waals surface area (Å²) in [5.41, 5.74) is 0. The summed E-state index contributed by atoms with van der Waals surface area (Å²) in [6.45, 7) is 0. The maximum atomic E-state index is 3.50. The minimum Gasteiger partial charge on any atom is -0.668 e. The Bertz CT molecular complexity index is 75.8. The van der Waals surface area contributed by atoms with Gasteiger partial charge in [0.25, 0.3) is 0 Å². The van der Waals surface area contributed by atoms with E-state index >= 15 is 0 Å². The van der Waals surface area contributed by atoms with Gasteiger partial charge in [-0.25, -0.2) is 12.1 Å². The molecule has 1 aromatic carbocycles. The Kier molecular flexibility index (Phi) is 14.6. The van der Waals surface area contributed by atoms with Crippen LogP contribution in [0.25, 0.3) is 5.32 Å². The Balaban J connectivity index is 0. The smallest absolute Gasteiger partial charge is 0.668 e. The Labute approximate surface area is 76.0 Å². The fourth-order valence-electron chi connectivity index (χ4n) is 0.321. The molecule has 0 atom stereocenters. The van der Waals surface area contributed by atoms with Gasteiger partial charge in [-0.2, -0.15) is 32.3 Å². The van der Waals surface area contributed by atoms with Crippen LogP contribution in [0, 0.1) is 0 Å². The Hall–Kier alpha value is 0.193. The maximum absolute atomic E-state index is 3.50. The third-order valence-corrected chi connectivity index (χ3v) is 0.556. The van der Waals surface area contributed by atoms with Crippen LogP contribution in [0.1, 0.15) is 0 Å². The van der Waals surface area contributed by atoms with Crippen molar-refractivity contribution in [3.05, 3.63) is 35.6 Å². The summed E-state index contributed by atoms with van der Waals surface area (Å²) < 4.78 is 0. The van der Waals surface area contributed by atoms with Crippen LogP contribution >= 0.6 is 0 Å². The van der Waals surface area contributed by atoms with Crippen molar-refractivity contribution in [1.82, 2.24) is 0 Å². The molecular formula is C7H11NZr. The molecule has 2 heteroatoms. The first-order valence-electron chi connectivity index (χ1n) is 2.56. The molecule has 1 aromatic rings. The zero-order chi connectivity index (χ0) is 6.24. The molecule has 0 radical (unpaired) electrons. The van der Waals surface area contributed by atoms with E-state index in [4.69, 9.17) is 0 Å². The molecule has 0 unspecified atom stereocenters. The standard InChI is InChI=1S/C5H5.C2H6N.Zr/c1-2-4-5-3-1;1-3-2;/h1-5H;1-2H3;/q2*-1;+2. The van der Waals surface area contributed by atoms with Gasteiger partial charge in [-0.3, -0.25) is 0 Å². The van der Waals surface area contributed by atoms with Crippen LogP contribution in [0.4, 0.5) is 0 Å². The molecule has 1 rings (SSSR count). The largest absolute Gasteiger partial charge is 2.00 e. The first-order chi connectivity index (χ1) is 3.91. The quantitative estimate of drug-likeness (QED) is 0.569. The molecule has 0 saturated heterocycles. The molecule has 0 bridgehead atoms. The number of nitrogens with zero attached hydrogens (tertiary/aromatic N) is 1. The number of hydrogen-bond acceptors (Lipinski definition) is 0. The van der Waals surface area contributed by atoms with Crippen molar-refractivity contribution in [1.29, 1.82) is 0 Å². The van der Waals surface area contributed by atoms with Gasteiger partial charge >= 0.3 is 26.2 Å². The van der Waals surface area contributed by atoms with E-state index in [0.29, 0.717) is 0 Å². The molecule has 0 amide bonds. The van der Waals surface area contributed by atoms with Crippen LogP contribution in [0.2, 0.25) is 0 Å². The molecular weight excluding hydrogens is 189 g/mol. The van der Waals surface area contributed by atoms with Crippen LogP contribution in [0.5, 0.6) is 0 Å². The van der Waals surface area contributed by atoms with Gasteiger partial charge in [0.15, 0.2) is 0 Å². The molecule has 0 aliphatic heterocycles. The van der Waals surface area contributed by atoms with Crippen LogP contribution in [-0.4, -0.2) is 14.1 Å². The van der Waals surface area contributed by atoms with Crippen LogP contribution in [0.3, 0.4) is 0 Å². The number of rotatable bonds is 0. The summed E-state index contributed by atoms with van der Waals surface area (Å²) in [6, 6.07) is 10.0. The van der Waals surface area contributed by atoms with E-state index in [2.05, 4.69) is 5.32 Å². The molecule has 0 heterocycles. The fraction of sp³-hybridized carbons (Fsp3) is 0.286. The Morgan fingerprint density at radius 3 is 1.56 bits per heavy atom. The van der Waals surface area contributed by atoms with Crippen molar-refractivity contribution in [2.24, 2.45) is 0 Å². The van der Waals surface area contributed by atoms with Gasteiger partial charge in [0, 0.05) is 0 Å². The zero-order valence-electron chi connectivity index (χ0n) is 5.83. The first kappa shape index (κ1) is 11.9. The van der Waals surface area contributed by atoms with Crippen molar-refractivity contribution >= 4 is 0 Å². The predicted molar refractivity (Wildman–Crippen MR) is 37.2 cm³/mol. The normalized spacial score (nSPS) is 6.44. The van der Waals surface area contributed by atoms with E-state index in [1.54, 1.807) is 14.1 Å². The Morgan fingerprint density at radius 1 is 1.11 bits per heavy atom. The van der Waals surface area contributed by atoms with Crippen molar-refractivity contribution in [2.45, 2.75) is 0 Å². The monoisotopic (exact) mass is 199 g/mol. The van der Waals surface area contributed by atoms with Crippen LogP contribution < -0.4 is 0 Å². The second-order valence-corrected chi connectivity index (χ2v) is 1.41. The molecule has 1 nitrogen and oxygen atoms in total. The minimum absolute atomic E-state index is 0. The summed E-state index contributed by atoms with van der Waals surface area (Å²) in [4.78, 5) is 0. The van der Waals surface area contributed by atoms with E-state index in [0.717, 1.165) is 0 Å². The van der Waals surface area contributed by atoms with E-state index in [1.807, 2.05) is 30.3 Å². The molecule has 0 aliphatic rings. The summed E-state index contributed by atoms with van der Waals surface area (Å²) in [5, 5.41) is 3.50. The Morgan fingerprint density at radius 2 is 1.44 bits per heavy atom. The molecule has 0 aliphatic carbocycles. The van der Waals surface area contributed by atoms with E-state index < -0.39 is 0 Å². The third-order valence-electron chi connectivity index (χ3n) is 0.556. The van der Waals surface area contributed by atoms with E-state index in [9.17, 15) is 0 Å². The van der Waals surface area contributed by atoms with Crippen molar-refractivity contribution in [3.8, 4) is 0 Å². The molecule has 9 heavy (non-hydrogen) atoms. The van der Waals surface area contributed by atoms with E-state index in [-0.39, 0.29) is 26.2 Å². The van der Waals surface area contributed by atoms with Crippen molar-refractivity contribution < 1.29 is 26.2 Å². The molecule has 0 fully saturated rings. The van der Waals surface area contributed by atoms with Gasteiger partial charge < -0.3 is 5.32 Å². The van der Waals surface area contributed by atoms with Crippen molar-refractivity contribution in [2.75, 3.05) is 14.1 Å². The summed E-state index contributed by atoms with van der Waals surface area (Å²) in [7, 11) is 3.50. The third kappa shape index (κ3) is 11.7. The molecule has 0 spiro atoms.